The lowest BCUT2D eigenvalue weighted by atomic mass is 10.0. The van der Waals surface area contributed by atoms with Crippen molar-refractivity contribution in [1.29, 1.82) is 0 Å². The first-order valence-corrected chi connectivity index (χ1v) is 18.4. The molecular weight excluding hydrogens is 677 g/mol. The average Bonchev–Trinajstić information content (AvgIpc) is 3.92. The molecular formula is C49H28N4O2. The van der Waals surface area contributed by atoms with Crippen LogP contribution in [-0.4, -0.2) is 19.5 Å². The molecule has 0 atom stereocenters. The van der Waals surface area contributed by atoms with E-state index in [1.165, 1.54) is 21.5 Å². The minimum absolute atomic E-state index is 0.532. The first kappa shape index (κ1) is 29.9. The van der Waals surface area contributed by atoms with Gasteiger partial charge in [0.25, 0.3) is 0 Å². The third-order valence-electron chi connectivity index (χ3n) is 10.8. The second-order valence-electron chi connectivity index (χ2n) is 14.0. The Hall–Kier alpha value is -7.57. The molecule has 0 amide bonds. The van der Waals surface area contributed by atoms with Crippen LogP contribution in [0.4, 0.5) is 0 Å². The van der Waals surface area contributed by atoms with Gasteiger partial charge >= 0.3 is 0 Å². The van der Waals surface area contributed by atoms with E-state index in [1.807, 2.05) is 72.8 Å². The van der Waals surface area contributed by atoms with Crippen molar-refractivity contribution in [1.82, 2.24) is 19.5 Å². The fraction of sp³-hybridized carbons (Fsp3) is 0. The summed E-state index contributed by atoms with van der Waals surface area (Å²) in [6.45, 7) is 0. The number of aromatic nitrogens is 4. The summed E-state index contributed by atoms with van der Waals surface area (Å²) >= 11 is 0. The zero-order valence-corrected chi connectivity index (χ0v) is 29.3. The van der Waals surface area contributed by atoms with Gasteiger partial charge in [0.2, 0.25) is 0 Å². The van der Waals surface area contributed by atoms with Gasteiger partial charge in [-0.2, -0.15) is 0 Å². The van der Waals surface area contributed by atoms with Crippen molar-refractivity contribution in [3.63, 3.8) is 0 Å². The van der Waals surface area contributed by atoms with Crippen LogP contribution in [0, 0.1) is 0 Å². The summed E-state index contributed by atoms with van der Waals surface area (Å²) in [5.41, 5.74) is 9.03. The predicted octanol–water partition coefficient (Wildman–Crippen LogP) is 12.9. The third-order valence-corrected chi connectivity index (χ3v) is 10.8. The zero-order valence-electron chi connectivity index (χ0n) is 29.3. The second kappa shape index (κ2) is 11.5. The van der Waals surface area contributed by atoms with E-state index < -0.39 is 0 Å². The lowest BCUT2D eigenvalue weighted by molar-refractivity contribution is 0.669. The van der Waals surface area contributed by atoms with Crippen molar-refractivity contribution >= 4 is 76.5 Å². The van der Waals surface area contributed by atoms with E-state index in [0.717, 1.165) is 77.3 Å². The first-order chi connectivity index (χ1) is 27.2. The van der Waals surface area contributed by atoms with Gasteiger partial charge in [0, 0.05) is 38.1 Å². The third kappa shape index (κ3) is 4.52. The van der Waals surface area contributed by atoms with Crippen molar-refractivity contribution in [2.45, 2.75) is 0 Å². The number of hydrogen-bond acceptors (Lipinski definition) is 5. The van der Waals surface area contributed by atoms with Gasteiger partial charge in [-0.05, 0) is 71.4 Å². The lowest BCUT2D eigenvalue weighted by Gasteiger charge is -2.13. The fourth-order valence-electron chi connectivity index (χ4n) is 8.29. The molecule has 0 bridgehead atoms. The van der Waals surface area contributed by atoms with Crippen LogP contribution in [0.15, 0.2) is 179 Å². The Balaban J connectivity index is 1.14. The normalized spacial score (nSPS) is 12.0. The van der Waals surface area contributed by atoms with E-state index in [1.54, 1.807) is 0 Å². The SMILES string of the molecule is c1ccc(-c2nc(-c3ccc4oc5ccccc5c4c3)nc(-c3ccc(-n4c5ccccc5c5cc6ccccc6cc54)c4c3oc3ccccc34)n2)cc1. The maximum Gasteiger partial charge on any atom is 0.167 e. The molecule has 4 heterocycles. The number of fused-ring (bicyclic) bond motifs is 10. The molecule has 0 saturated carbocycles. The van der Waals surface area contributed by atoms with E-state index in [2.05, 4.69) is 102 Å². The van der Waals surface area contributed by atoms with Crippen LogP contribution in [0.3, 0.4) is 0 Å². The van der Waals surface area contributed by atoms with Crippen LogP contribution in [0.2, 0.25) is 0 Å². The molecule has 6 heteroatoms. The van der Waals surface area contributed by atoms with Crippen LogP contribution >= 0.6 is 0 Å². The molecule has 55 heavy (non-hydrogen) atoms. The van der Waals surface area contributed by atoms with Crippen molar-refractivity contribution in [3.05, 3.63) is 170 Å². The quantitative estimate of drug-likeness (QED) is 0.182. The summed E-state index contributed by atoms with van der Waals surface area (Å²) in [6.07, 6.45) is 0. The Labute approximate surface area is 313 Å². The monoisotopic (exact) mass is 704 g/mol. The molecule has 0 fully saturated rings. The van der Waals surface area contributed by atoms with Crippen LogP contribution < -0.4 is 0 Å². The Kier molecular flexibility index (Phi) is 6.24. The number of para-hydroxylation sites is 3. The highest BCUT2D eigenvalue weighted by molar-refractivity contribution is 6.18. The highest BCUT2D eigenvalue weighted by atomic mass is 16.3. The lowest BCUT2D eigenvalue weighted by Crippen LogP contribution is -2.01. The number of nitrogens with zero attached hydrogens (tertiary/aromatic N) is 4. The molecule has 12 rings (SSSR count). The molecule has 0 spiro atoms. The molecule has 256 valence electrons. The molecule has 8 aromatic carbocycles. The molecule has 0 N–H and O–H groups in total. The van der Waals surface area contributed by atoms with E-state index in [-0.39, 0.29) is 0 Å². The van der Waals surface area contributed by atoms with Gasteiger partial charge < -0.3 is 13.4 Å². The Morgan fingerprint density at radius 2 is 1.02 bits per heavy atom. The molecule has 0 saturated heterocycles. The predicted molar refractivity (Wildman–Crippen MR) is 223 cm³/mol. The van der Waals surface area contributed by atoms with Gasteiger partial charge in [-0.3, -0.25) is 0 Å². The van der Waals surface area contributed by atoms with Gasteiger partial charge in [0.15, 0.2) is 17.5 Å². The summed E-state index contributed by atoms with van der Waals surface area (Å²) in [5, 5.41) is 8.90. The van der Waals surface area contributed by atoms with E-state index in [0.29, 0.717) is 17.5 Å². The van der Waals surface area contributed by atoms with Crippen molar-refractivity contribution in [3.8, 4) is 39.9 Å². The van der Waals surface area contributed by atoms with Crippen LogP contribution in [0.5, 0.6) is 0 Å². The Morgan fingerprint density at radius 3 is 1.85 bits per heavy atom. The van der Waals surface area contributed by atoms with E-state index >= 15 is 0 Å². The van der Waals surface area contributed by atoms with Crippen molar-refractivity contribution in [2.24, 2.45) is 0 Å². The average molecular weight is 705 g/mol. The maximum atomic E-state index is 6.83. The summed E-state index contributed by atoms with van der Waals surface area (Å²) in [7, 11) is 0. The minimum Gasteiger partial charge on any atom is -0.456 e. The molecule has 0 aliphatic rings. The first-order valence-electron chi connectivity index (χ1n) is 18.4. The largest absolute Gasteiger partial charge is 0.456 e. The van der Waals surface area contributed by atoms with E-state index in [9.17, 15) is 0 Å². The molecule has 12 aromatic rings. The van der Waals surface area contributed by atoms with Gasteiger partial charge in [-0.25, -0.2) is 15.0 Å². The Morgan fingerprint density at radius 1 is 0.382 bits per heavy atom. The molecule has 4 aromatic heterocycles. The van der Waals surface area contributed by atoms with Crippen LogP contribution in [0.1, 0.15) is 0 Å². The highest BCUT2D eigenvalue weighted by Crippen LogP contribution is 2.43. The van der Waals surface area contributed by atoms with Gasteiger partial charge in [-0.1, -0.05) is 109 Å². The van der Waals surface area contributed by atoms with Gasteiger partial charge in [0.1, 0.15) is 22.3 Å². The molecule has 0 radical (unpaired) electrons. The maximum absolute atomic E-state index is 6.83. The summed E-state index contributed by atoms with van der Waals surface area (Å²) < 4.78 is 15.4. The molecule has 0 unspecified atom stereocenters. The summed E-state index contributed by atoms with van der Waals surface area (Å²) in [5.74, 6) is 1.68. The fourth-order valence-corrected chi connectivity index (χ4v) is 8.29. The standard InChI is InChI=1S/C49H28N4O2/c1-2-12-29(13-3-1)47-50-48(32-22-25-44-38(27-32)34-17-7-10-20-42(34)54-44)52-49(51-47)36-23-24-40(45-35-18-8-11-21-43(35)55-46(36)45)53-39-19-9-6-16-33(39)37-26-30-14-4-5-15-31(30)28-41(37)53/h1-28H. The van der Waals surface area contributed by atoms with Crippen molar-refractivity contribution < 1.29 is 8.83 Å². The molecule has 0 aliphatic carbocycles. The number of benzene rings is 8. The molecule has 0 aliphatic heterocycles. The zero-order chi connectivity index (χ0) is 36.0. The van der Waals surface area contributed by atoms with Gasteiger partial charge in [-0.15, -0.1) is 0 Å². The van der Waals surface area contributed by atoms with Gasteiger partial charge in [0.05, 0.1) is 27.7 Å². The summed E-state index contributed by atoms with van der Waals surface area (Å²) in [6, 6.07) is 58.6. The summed E-state index contributed by atoms with van der Waals surface area (Å²) in [4.78, 5) is 15.4. The Bertz CT molecular complexity index is 3500. The van der Waals surface area contributed by atoms with Crippen LogP contribution in [-0.2, 0) is 0 Å². The number of hydrogen-bond donors (Lipinski definition) is 0. The van der Waals surface area contributed by atoms with Crippen LogP contribution in [0.25, 0.3) is 116 Å². The smallest absolute Gasteiger partial charge is 0.167 e. The second-order valence-corrected chi connectivity index (χ2v) is 14.0. The molecule has 6 nitrogen and oxygen atoms in total. The minimum atomic E-state index is 0.532. The van der Waals surface area contributed by atoms with E-state index in [4.69, 9.17) is 23.8 Å². The topological polar surface area (TPSA) is 69.9 Å². The number of furan rings is 2. The highest BCUT2D eigenvalue weighted by Gasteiger charge is 2.23. The number of rotatable bonds is 4. The van der Waals surface area contributed by atoms with Crippen molar-refractivity contribution in [2.75, 3.05) is 0 Å².